The molecule has 5 nitrogen and oxygen atoms in total. The number of hydrogen-bond donors (Lipinski definition) is 0. The van der Waals surface area contributed by atoms with Gasteiger partial charge in [0.2, 0.25) is 6.79 Å². The first-order valence-electron chi connectivity index (χ1n) is 7.80. The number of nitrogens with zero attached hydrogens (tertiary/aromatic N) is 1. The molecule has 0 saturated carbocycles. The largest absolute Gasteiger partial charge is 0.428 e. The molecule has 0 saturated heterocycles. The van der Waals surface area contributed by atoms with Gasteiger partial charge in [0.25, 0.3) is 0 Å². The van der Waals surface area contributed by atoms with Gasteiger partial charge in [0.1, 0.15) is 0 Å². The molecule has 0 fully saturated rings. The van der Waals surface area contributed by atoms with Crippen molar-refractivity contribution in [2.24, 2.45) is 11.3 Å². The Bertz CT molecular complexity index is 531. The molecular weight excluding hydrogens is 294 g/mol. The lowest BCUT2D eigenvalue weighted by molar-refractivity contribution is -0.160. The summed E-state index contributed by atoms with van der Waals surface area (Å²) in [5.74, 6) is -0.568. The van der Waals surface area contributed by atoms with Gasteiger partial charge in [-0.25, -0.2) is 4.79 Å². The molecule has 1 rings (SSSR count). The number of hydrogen-bond acceptors (Lipinski definition) is 4. The van der Waals surface area contributed by atoms with E-state index in [1.165, 1.54) is 4.90 Å². The minimum Gasteiger partial charge on any atom is -0.428 e. The molecule has 0 radical (unpaired) electrons. The van der Waals surface area contributed by atoms with E-state index in [1.807, 2.05) is 58.9 Å². The number of carbonyl (C=O) groups is 2. The molecule has 1 atom stereocenters. The van der Waals surface area contributed by atoms with Crippen LogP contribution >= 0.6 is 0 Å². The quantitative estimate of drug-likeness (QED) is 0.604. The van der Waals surface area contributed by atoms with Crippen LogP contribution in [0.2, 0.25) is 0 Å². The Morgan fingerprint density at radius 1 is 1.13 bits per heavy atom. The first-order valence-corrected chi connectivity index (χ1v) is 7.80. The van der Waals surface area contributed by atoms with Gasteiger partial charge >= 0.3 is 12.1 Å². The lowest BCUT2D eigenvalue weighted by atomic mass is 9.79. The highest BCUT2D eigenvalue weighted by Gasteiger charge is 2.31. The van der Waals surface area contributed by atoms with Gasteiger partial charge in [-0.1, -0.05) is 45.4 Å². The molecule has 0 spiro atoms. The molecule has 0 aromatic heterocycles. The van der Waals surface area contributed by atoms with Crippen molar-refractivity contribution in [1.29, 1.82) is 0 Å². The molecule has 23 heavy (non-hydrogen) atoms. The summed E-state index contributed by atoms with van der Waals surface area (Å²) in [7, 11) is 1.61. The second-order valence-electron chi connectivity index (χ2n) is 6.71. The van der Waals surface area contributed by atoms with E-state index < -0.39 is 6.09 Å². The average Bonchev–Trinajstić information content (AvgIpc) is 2.46. The molecule has 0 unspecified atom stereocenters. The standard InChI is InChI=1S/C18H27NO4/c1-7-15(18(3,4)5)16(20)22-12-23-17(21)19(6)14-10-8-13(2)9-11-14/h8-11,15H,7,12H2,1-6H3/t15-/m1/s1. The summed E-state index contributed by atoms with van der Waals surface area (Å²) in [6.07, 6.45) is 0.116. The van der Waals surface area contributed by atoms with E-state index in [0.29, 0.717) is 12.1 Å². The lowest BCUT2D eigenvalue weighted by Crippen LogP contribution is -2.32. The smallest absolute Gasteiger partial charge is 0.416 e. The van der Waals surface area contributed by atoms with Crippen LogP contribution in [-0.4, -0.2) is 25.9 Å². The highest BCUT2D eigenvalue weighted by Crippen LogP contribution is 2.29. The van der Waals surface area contributed by atoms with Crippen molar-refractivity contribution in [3.05, 3.63) is 29.8 Å². The molecule has 0 aliphatic heterocycles. The average molecular weight is 321 g/mol. The highest BCUT2D eigenvalue weighted by atomic mass is 16.7. The Morgan fingerprint density at radius 2 is 1.70 bits per heavy atom. The summed E-state index contributed by atoms with van der Waals surface area (Å²) < 4.78 is 10.1. The molecule has 0 N–H and O–H groups in total. The Balaban J connectivity index is 2.50. The van der Waals surface area contributed by atoms with Crippen LogP contribution in [0, 0.1) is 18.3 Å². The van der Waals surface area contributed by atoms with Crippen molar-refractivity contribution in [1.82, 2.24) is 0 Å². The van der Waals surface area contributed by atoms with Crippen molar-refractivity contribution in [2.45, 2.75) is 41.0 Å². The number of ether oxygens (including phenoxy) is 2. The Hall–Kier alpha value is -2.04. The zero-order valence-corrected chi connectivity index (χ0v) is 14.9. The molecule has 128 valence electrons. The van der Waals surface area contributed by atoms with Gasteiger partial charge in [0, 0.05) is 12.7 Å². The van der Waals surface area contributed by atoms with Crippen molar-refractivity contribution < 1.29 is 19.1 Å². The number of carbonyl (C=O) groups excluding carboxylic acids is 2. The zero-order chi connectivity index (χ0) is 17.6. The normalized spacial score (nSPS) is 12.4. The molecule has 5 heteroatoms. The van der Waals surface area contributed by atoms with Crippen molar-refractivity contribution in [2.75, 3.05) is 18.7 Å². The van der Waals surface area contributed by atoms with Crippen molar-refractivity contribution in [3.8, 4) is 0 Å². The van der Waals surface area contributed by atoms with Crippen molar-refractivity contribution >= 4 is 17.7 Å². The minimum atomic E-state index is -0.564. The molecule has 1 aromatic carbocycles. The van der Waals surface area contributed by atoms with E-state index in [1.54, 1.807) is 7.05 Å². The topological polar surface area (TPSA) is 55.8 Å². The summed E-state index contributed by atoms with van der Waals surface area (Å²) in [6, 6.07) is 7.48. The van der Waals surface area contributed by atoms with E-state index in [9.17, 15) is 9.59 Å². The van der Waals surface area contributed by atoms with E-state index in [2.05, 4.69) is 0 Å². The van der Waals surface area contributed by atoms with Gasteiger partial charge in [-0.2, -0.15) is 0 Å². The molecule has 0 aliphatic carbocycles. The zero-order valence-electron chi connectivity index (χ0n) is 14.9. The maximum absolute atomic E-state index is 12.1. The number of amides is 1. The summed E-state index contributed by atoms with van der Waals surface area (Å²) in [6.45, 7) is 9.49. The molecular formula is C18H27NO4. The van der Waals surface area contributed by atoms with Gasteiger partial charge in [0.05, 0.1) is 5.92 Å². The van der Waals surface area contributed by atoms with Gasteiger partial charge in [0.15, 0.2) is 0 Å². The van der Waals surface area contributed by atoms with Gasteiger partial charge in [-0.15, -0.1) is 0 Å². The first-order chi connectivity index (χ1) is 10.7. The second kappa shape index (κ2) is 7.99. The van der Waals surface area contributed by atoms with Crippen LogP contribution in [0.5, 0.6) is 0 Å². The van der Waals surface area contributed by atoms with Gasteiger partial charge in [-0.05, 0) is 30.9 Å². The fraction of sp³-hybridized carbons (Fsp3) is 0.556. The van der Waals surface area contributed by atoms with Crippen LogP contribution in [-0.2, 0) is 14.3 Å². The predicted molar refractivity (Wildman–Crippen MR) is 90.3 cm³/mol. The Morgan fingerprint density at radius 3 is 2.17 bits per heavy atom. The number of benzene rings is 1. The summed E-state index contributed by atoms with van der Waals surface area (Å²) in [5, 5.41) is 0. The first kappa shape index (κ1) is 19.0. The van der Waals surface area contributed by atoms with E-state index >= 15 is 0 Å². The fourth-order valence-electron chi connectivity index (χ4n) is 2.34. The number of anilines is 1. The van der Waals surface area contributed by atoms with Crippen LogP contribution in [0.1, 0.15) is 39.7 Å². The SMILES string of the molecule is CC[C@H](C(=O)OCOC(=O)N(C)c1ccc(C)cc1)C(C)(C)C. The van der Waals surface area contributed by atoms with Crippen LogP contribution in [0.4, 0.5) is 10.5 Å². The molecule has 0 aliphatic rings. The molecule has 0 bridgehead atoms. The number of aryl methyl sites for hydroxylation is 1. The summed E-state index contributed by atoms with van der Waals surface area (Å²) in [4.78, 5) is 25.4. The van der Waals surface area contributed by atoms with Crippen LogP contribution < -0.4 is 4.90 Å². The maximum Gasteiger partial charge on any atom is 0.416 e. The summed E-state index contributed by atoms with van der Waals surface area (Å²) >= 11 is 0. The van der Waals surface area contributed by atoms with Crippen LogP contribution in [0.25, 0.3) is 0 Å². The highest BCUT2D eigenvalue weighted by molar-refractivity contribution is 5.87. The second-order valence-corrected chi connectivity index (χ2v) is 6.71. The lowest BCUT2D eigenvalue weighted by Gasteiger charge is -2.27. The predicted octanol–water partition coefficient (Wildman–Crippen LogP) is 4.14. The van der Waals surface area contributed by atoms with Crippen LogP contribution in [0.15, 0.2) is 24.3 Å². The maximum atomic E-state index is 12.1. The Kier molecular flexibility index (Phi) is 6.61. The van der Waals surface area contributed by atoms with Crippen LogP contribution in [0.3, 0.4) is 0 Å². The third kappa shape index (κ3) is 5.58. The molecule has 0 heterocycles. The van der Waals surface area contributed by atoms with E-state index in [4.69, 9.17) is 9.47 Å². The van der Waals surface area contributed by atoms with Crippen molar-refractivity contribution in [3.63, 3.8) is 0 Å². The number of esters is 1. The third-order valence-electron chi connectivity index (χ3n) is 3.82. The van der Waals surface area contributed by atoms with Gasteiger partial charge in [-0.3, -0.25) is 9.69 Å². The van der Waals surface area contributed by atoms with E-state index in [0.717, 1.165) is 5.56 Å². The number of rotatable bonds is 5. The monoisotopic (exact) mass is 321 g/mol. The summed E-state index contributed by atoms with van der Waals surface area (Å²) in [5.41, 5.74) is 1.64. The fourth-order valence-corrected chi connectivity index (χ4v) is 2.34. The molecule has 1 amide bonds. The van der Waals surface area contributed by atoms with E-state index in [-0.39, 0.29) is 24.1 Å². The Labute approximate surface area is 138 Å². The third-order valence-corrected chi connectivity index (χ3v) is 3.82. The molecule has 1 aromatic rings. The van der Waals surface area contributed by atoms with Gasteiger partial charge < -0.3 is 9.47 Å². The minimum absolute atomic E-state index is 0.186.